The maximum Gasteiger partial charge on any atom is 0.325 e. The molecule has 0 bridgehead atoms. The van der Waals surface area contributed by atoms with E-state index in [2.05, 4.69) is 27.7 Å². The highest BCUT2D eigenvalue weighted by atomic mass is 35.5. The molecule has 0 aromatic heterocycles. The van der Waals surface area contributed by atoms with E-state index in [1.54, 1.807) is 38.1 Å². The number of carbonyl (C=O) groups excluding carboxylic acids is 1. The van der Waals surface area contributed by atoms with Gasteiger partial charge in [-0.1, -0.05) is 69.1 Å². The highest BCUT2D eigenvalue weighted by Crippen LogP contribution is 2.58. The number of hydrogen-bond acceptors (Lipinski definition) is 4. The summed E-state index contributed by atoms with van der Waals surface area (Å²) in [6, 6.07) is 7.44. The number of cyclic esters (lactones) is 1. The van der Waals surface area contributed by atoms with Gasteiger partial charge in [-0.25, -0.2) is 13.7 Å². The first-order valence-corrected chi connectivity index (χ1v) is 12.6. The van der Waals surface area contributed by atoms with Crippen LogP contribution in [-0.2, 0) is 15.1 Å². The minimum Gasteiger partial charge on any atom is -0.443 e. The van der Waals surface area contributed by atoms with Crippen molar-refractivity contribution in [3.63, 3.8) is 0 Å². The summed E-state index contributed by atoms with van der Waals surface area (Å²) >= 11 is 12.2. The van der Waals surface area contributed by atoms with Gasteiger partial charge in [0, 0.05) is 22.5 Å². The van der Waals surface area contributed by atoms with E-state index in [-0.39, 0.29) is 32.5 Å². The smallest absolute Gasteiger partial charge is 0.325 e. The van der Waals surface area contributed by atoms with Crippen molar-refractivity contribution in [2.24, 2.45) is 17.1 Å². The number of fused-ring (bicyclic) bond motifs is 1. The second-order valence-electron chi connectivity index (χ2n) is 11.3. The van der Waals surface area contributed by atoms with E-state index in [0.29, 0.717) is 6.42 Å². The van der Waals surface area contributed by atoms with Gasteiger partial charge in [0.15, 0.2) is 5.72 Å². The molecule has 2 aromatic carbocycles. The molecule has 4 rings (SSSR count). The number of halogens is 4. The third kappa shape index (κ3) is 4.07. The van der Waals surface area contributed by atoms with Crippen molar-refractivity contribution in [2.75, 3.05) is 0 Å². The van der Waals surface area contributed by atoms with Gasteiger partial charge in [-0.2, -0.15) is 0 Å². The summed E-state index contributed by atoms with van der Waals surface area (Å²) in [5.41, 5.74) is 4.87. The van der Waals surface area contributed by atoms with Crippen LogP contribution in [0.1, 0.15) is 65.0 Å². The molecule has 0 spiro atoms. The Morgan fingerprint density at radius 3 is 2.43 bits per heavy atom. The summed E-state index contributed by atoms with van der Waals surface area (Å²) in [6.45, 7) is 12.0. The van der Waals surface area contributed by atoms with E-state index < -0.39 is 46.9 Å². The van der Waals surface area contributed by atoms with E-state index in [1.165, 1.54) is 12.1 Å². The highest BCUT2D eigenvalue weighted by Gasteiger charge is 2.69. The minimum absolute atomic E-state index is 0.0930. The fourth-order valence-corrected chi connectivity index (χ4v) is 6.09. The van der Waals surface area contributed by atoms with E-state index >= 15 is 8.78 Å². The standard InChI is InChI=1S/C27H32Cl2F2N2O2/c1-14(2)25(3,4)13-20-27(32,17-11-10-15(28)12-19(17)30)21(16-8-7-9-18(29)22(16)31)23-24(34)35-26(5,6)33(20)23/h7-12,14,20-21,23H,13,32H2,1-6H3/t20-,21-,23+,27+/m0/s1. The van der Waals surface area contributed by atoms with Gasteiger partial charge in [0.2, 0.25) is 0 Å². The lowest BCUT2D eigenvalue weighted by molar-refractivity contribution is -0.153. The summed E-state index contributed by atoms with van der Waals surface area (Å²) in [5, 5.41) is 0.127. The van der Waals surface area contributed by atoms with E-state index in [0.717, 1.165) is 0 Å². The molecule has 0 aliphatic carbocycles. The molecule has 2 fully saturated rings. The molecule has 2 aliphatic heterocycles. The van der Waals surface area contributed by atoms with Gasteiger partial charge in [0.05, 0.1) is 10.6 Å². The largest absolute Gasteiger partial charge is 0.443 e. The lowest BCUT2D eigenvalue weighted by atomic mass is 9.66. The first-order valence-electron chi connectivity index (χ1n) is 11.8. The number of nitrogens with two attached hydrogens (primary N) is 1. The van der Waals surface area contributed by atoms with Gasteiger partial charge in [-0.3, -0.25) is 4.79 Å². The van der Waals surface area contributed by atoms with Gasteiger partial charge >= 0.3 is 5.97 Å². The molecule has 2 N–H and O–H groups in total. The van der Waals surface area contributed by atoms with Gasteiger partial charge < -0.3 is 10.5 Å². The average molecular weight is 525 g/mol. The first-order chi connectivity index (χ1) is 16.1. The van der Waals surface area contributed by atoms with E-state index in [4.69, 9.17) is 33.7 Å². The zero-order chi connectivity index (χ0) is 26.1. The molecule has 0 saturated carbocycles. The Labute approximate surface area is 215 Å². The number of hydrogen-bond donors (Lipinski definition) is 1. The van der Waals surface area contributed by atoms with Crippen LogP contribution in [0.25, 0.3) is 0 Å². The number of carbonyl (C=O) groups is 1. The molecular weight excluding hydrogens is 493 g/mol. The quantitative estimate of drug-likeness (QED) is 0.446. The van der Waals surface area contributed by atoms with Crippen molar-refractivity contribution in [3.8, 4) is 0 Å². The topological polar surface area (TPSA) is 55.6 Å². The van der Waals surface area contributed by atoms with Gasteiger partial charge in [0.1, 0.15) is 17.7 Å². The van der Waals surface area contributed by atoms with Crippen LogP contribution in [0.15, 0.2) is 36.4 Å². The molecule has 2 heterocycles. The molecule has 190 valence electrons. The third-order valence-electron chi connectivity index (χ3n) is 8.23. The number of ether oxygens (including phenoxy) is 1. The molecule has 0 amide bonds. The number of benzene rings is 2. The van der Waals surface area contributed by atoms with Crippen molar-refractivity contribution in [1.29, 1.82) is 0 Å². The Balaban J connectivity index is 2.06. The SMILES string of the molecule is CC(C)C(C)(C)C[C@@H]1N2[C@@H](C(=O)OC2(C)C)[C@H](c2cccc(Cl)c2F)[C@@]1(N)c1ccc(Cl)cc1F. The lowest BCUT2D eigenvalue weighted by Gasteiger charge is -2.45. The summed E-state index contributed by atoms with van der Waals surface area (Å²) < 4.78 is 37.0. The fourth-order valence-electron chi connectivity index (χ4n) is 5.75. The summed E-state index contributed by atoms with van der Waals surface area (Å²) in [5.74, 6) is -2.51. The molecule has 4 nitrogen and oxygen atoms in total. The summed E-state index contributed by atoms with van der Waals surface area (Å²) in [4.78, 5) is 15.3. The van der Waals surface area contributed by atoms with Gasteiger partial charge in [0.25, 0.3) is 0 Å². The Morgan fingerprint density at radius 2 is 1.83 bits per heavy atom. The Kier molecular flexibility index (Phi) is 6.54. The second-order valence-corrected chi connectivity index (χ2v) is 12.1. The van der Waals surface area contributed by atoms with Gasteiger partial charge in [-0.05, 0) is 55.4 Å². The van der Waals surface area contributed by atoms with Crippen LogP contribution in [0.4, 0.5) is 8.78 Å². The Morgan fingerprint density at radius 1 is 1.17 bits per heavy atom. The van der Waals surface area contributed by atoms with Crippen LogP contribution in [-0.4, -0.2) is 28.7 Å². The molecule has 2 saturated heterocycles. The molecule has 35 heavy (non-hydrogen) atoms. The predicted molar refractivity (Wildman–Crippen MR) is 134 cm³/mol. The fraction of sp³-hybridized carbons (Fsp3) is 0.519. The number of nitrogens with zero attached hydrogens (tertiary/aromatic N) is 1. The van der Waals surface area contributed by atoms with Crippen molar-refractivity contribution < 1.29 is 18.3 Å². The Hall–Kier alpha value is -1.73. The molecule has 2 aliphatic rings. The molecule has 2 aromatic rings. The zero-order valence-electron chi connectivity index (χ0n) is 20.8. The van der Waals surface area contributed by atoms with Crippen molar-refractivity contribution >= 4 is 29.2 Å². The zero-order valence-corrected chi connectivity index (χ0v) is 22.3. The van der Waals surface area contributed by atoms with Crippen LogP contribution in [0, 0.1) is 23.0 Å². The maximum absolute atomic E-state index is 15.6. The van der Waals surface area contributed by atoms with Crippen molar-refractivity contribution in [3.05, 3.63) is 69.2 Å². The lowest BCUT2D eigenvalue weighted by Crippen LogP contribution is -2.57. The summed E-state index contributed by atoms with van der Waals surface area (Å²) in [6.07, 6.45) is 0.512. The molecule has 0 radical (unpaired) electrons. The van der Waals surface area contributed by atoms with Crippen LogP contribution in [0.2, 0.25) is 10.0 Å². The average Bonchev–Trinajstić information content (AvgIpc) is 3.12. The molecular formula is C27H32Cl2F2N2O2. The van der Waals surface area contributed by atoms with Crippen LogP contribution >= 0.6 is 23.2 Å². The summed E-state index contributed by atoms with van der Waals surface area (Å²) in [7, 11) is 0. The highest BCUT2D eigenvalue weighted by molar-refractivity contribution is 6.31. The molecule has 0 unspecified atom stereocenters. The first kappa shape index (κ1) is 26.3. The van der Waals surface area contributed by atoms with Crippen LogP contribution < -0.4 is 5.73 Å². The normalized spacial score (nSPS) is 28.5. The monoisotopic (exact) mass is 524 g/mol. The minimum atomic E-state index is -1.49. The number of rotatable bonds is 5. The number of esters is 1. The maximum atomic E-state index is 15.6. The molecule has 8 heteroatoms. The van der Waals surface area contributed by atoms with Crippen LogP contribution in [0.3, 0.4) is 0 Å². The van der Waals surface area contributed by atoms with Crippen molar-refractivity contribution in [2.45, 2.75) is 77.2 Å². The van der Waals surface area contributed by atoms with Crippen molar-refractivity contribution in [1.82, 2.24) is 4.90 Å². The van der Waals surface area contributed by atoms with Gasteiger partial charge in [-0.15, -0.1) is 0 Å². The van der Waals surface area contributed by atoms with E-state index in [1.807, 2.05) is 4.90 Å². The van der Waals surface area contributed by atoms with Crippen LogP contribution in [0.5, 0.6) is 0 Å². The van der Waals surface area contributed by atoms with E-state index in [9.17, 15) is 4.79 Å². The third-order valence-corrected chi connectivity index (χ3v) is 8.75. The predicted octanol–water partition coefficient (Wildman–Crippen LogP) is 6.63. The Bertz CT molecular complexity index is 1170. The molecule has 4 atom stereocenters. The second kappa shape index (κ2) is 8.69.